The van der Waals surface area contributed by atoms with Crippen LogP contribution in [0.15, 0.2) is 0 Å². The van der Waals surface area contributed by atoms with Crippen molar-refractivity contribution in [3.05, 3.63) is 0 Å². The Morgan fingerprint density at radius 1 is 1.33 bits per heavy atom. The van der Waals surface area contributed by atoms with Crippen LogP contribution in [0.25, 0.3) is 0 Å². The van der Waals surface area contributed by atoms with Gasteiger partial charge in [0.15, 0.2) is 0 Å². The van der Waals surface area contributed by atoms with Crippen LogP contribution in [-0.2, 0) is 9.59 Å². The van der Waals surface area contributed by atoms with Crippen LogP contribution >= 0.6 is 0 Å². The van der Waals surface area contributed by atoms with Crippen molar-refractivity contribution in [1.82, 2.24) is 5.32 Å². The molecular formula is C11H21NO3. The van der Waals surface area contributed by atoms with E-state index in [1.165, 1.54) is 12.8 Å². The van der Waals surface area contributed by atoms with Gasteiger partial charge in [-0.2, -0.15) is 0 Å². The Morgan fingerprint density at radius 3 is 2.53 bits per heavy atom. The molecule has 0 fully saturated rings. The largest absolute Gasteiger partial charge is 0.480 e. The minimum absolute atomic E-state index is 0.165. The molecule has 0 rings (SSSR count). The highest BCUT2D eigenvalue weighted by atomic mass is 16.4. The molecule has 1 atom stereocenters. The maximum absolute atomic E-state index is 11.2. The van der Waals surface area contributed by atoms with Gasteiger partial charge >= 0.3 is 5.97 Å². The third-order valence-corrected chi connectivity index (χ3v) is 2.27. The summed E-state index contributed by atoms with van der Waals surface area (Å²) in [7, 11) is 0. The van der Waals surface area contributed by atoms with E-state index in [2.05, 4.69) is 12.2 Å². The first-order valence-corrected chi connectivity index (χ1v) is 5.54. The first-order chi connectivity index (χ1) is 7.06. The Balaban J connectivity index is 3.53. The second-order valence-corrected chi connectivity index (χ2v) is 3.98. The third-order valence-electron chi connectivity index (χ3n) is 2.27. The maximum Gasteiger partial charge on any atom is 0.322 e. The van der Waals surface area contributed by atoms with Gasteiger partial charge in [0.2, 0.25) is 5.91 Å². The lowest BCUT2D eigenvalue weighted by molar-refractivity contribution is -0.138. The number of carboxylic acid groups (broad SMARTS) is 1. The molecule has 88 valence electrons. The van der Waals surface area contributed by atoms with E-state index in [-0.39, 0.29) is 12.5 Å². The zero-order valence-electron chi connectivity index (χ0n) is 9.58. The average molecular weight is 215 g/mol. The van der Waals surface area contributed by atoms with E-state index in [0.29, 0.717) is 12.3 Å². The van der Waals surface area contributed by atoms with Gasteiger partial charge in [-0.1, -0.05) is 39.5 Å². The Labute approximate surface area is 91.1 Å². The zero-order valence-corrected chi connectivity index (χ0v) is 9.58. The normalized spacial score (nSPS) is 12.1. The molecule has 0 aliphatic carbocycles. The summed E-state index contributed by atoms with van der Waals surface area (Å²) in [6.45, 7) is 3.89. The minimum atomic E-state index is -0.998. The van der Waals surface area contributed by atoms with E-state index in [1.54, 1.807) is 0 Å². The zero-order chi connectivity index (χ0) is 11.7. The van der Waals surface area contributed by atoms with Crippen LogP contribution in [0.5, 0.6) is 0 Å². The van der Waals surface area contributed by atoms with Gasteiger partial charge in [-0.05, 0) is 5.92 Å². The molecule has 2 N–H and O–H groups in total. The van der Waals surface area contributed by atoms with Crippen LogP contribution in [0, 0.1) is 5.92 Å². The molecule has 1 amide bonds. The van der Waals surface area contributed by atoms with E-state index in [9.17, 15) is 9.59 Å². The fourth-order valence-electron chi connectivity index (χ4n) is 1.41. The number of carbonyl (C=O) groups excluding carboxylic acids is 1. The molecule has 4 nitrogen and oxygen atoms in total. The summed E-state index contributed by atoms with van der Waals surface area (Å²) in [6, 6.07) is 0. The molecular weight excluding hydrogens is 194 g/mol. The van der Waals surface area contributed by atoms with Crippen molar-refractivity contribution in [3.8, 4) is 0 Å². The summed E-state index contributed by atoms with van der Waals surface area (Å²) >= 11 is 0. The molecule has 0 aliphatic rings. The summed E-state index contributed by atoms with van der Waals surface area (Å²) in [4.78, 5) is 21.4. The number of carboxylic acids is 1. The highest BCUT2D eigenvalue weighted by molar-refractivity contribution is 5.81. The standard InChI is InChI=1S/C11H21NO3/c1-3-4-5-6-9(2)7-10(13)12-8-11(14)15/h9H,3-8H2,1-2H3,(H,12,13)(H,14,15). The van der Waals surface area contributed by atoms with Crippen molar-refractivity contribution in [2.75, 3.05) is 6.54 Å². The van der Waals surface area contributed by atoms with Crippen molar-refractivity contribution in [1.29, 1.82) is 0 Å². The smallest absolute Gasteiger partial charge is 0.322 e. The number of amides is 1. The van der Waals surface area contributed by atoms with Gasteiger partial charge in [0.25, 0.3) is 0 Å². The molecule has 15 heavy (non-hydrogen) atoms. The average Bonchev–Trinajstić information content (AvgIpc) is 2.15. The summed E-state index contributed by atoms with van der Waals surface area (Å²) < 4.78 is 0. The second kappa shape index (κ2) is 8.26. The molecule has 0 aromatic rings. The number of hydrogen-bond acceptors (Lipinski definition) is 2. The van der Waals surface area contributed by atoms with Crippen molar-refractivity contribution in [2.45, 2.75) is 46.0 Å². The molecule has 0 aliphatic heterocycles. The molecule has 1 unspecified atom stereocenters. The molecule has 0 aromatic carbocycles. The van der Waals surface area contributed by atoms with Crippen molar-refractivity contribution >= 4 is 11.9 Å². The first-order valence-electron chi connectivity index (χ1n) is 5.54. The van der Waals surface area contributed by atoms with Crippen LogP contribution in [0.3, 0.4) is 0 Å². The highest BCUT2D eigenvalue weighted by Gasteiger charge is 2.09. The second-order valence-electron chi connectivity index (χ2n) is 3.98. The Hall–Kier alpha value is -1.06. The van der Waals surface area contributed by atoms with Crippen molar-refractivity contribution in [3.63, 3.8) is 0 Å². The predicted octanol–water partition coefficient (Wildman–Crippen LogP) is 1.79. The lowest BCUT2D eigenvalue weighted by atomic mass is 10.00. The van der Waals surface area contributed by atoms with E-state index in [1.807, 2.05) is 6.92 Å². The quantitative estimate of drug-likeness (QED) is 0.607. The van der Waals surface area contributed by atoms with E-state index >= 15 is 0 Å². The van der Waals surface area contributed by atoms with Crippen LogP contribution in [-0.4, -0.2) is 23.5 Å². The van der Waals surface area contributed by atoms with Gasteiger partial charge in [-0.3, -0.25) is 9.59 Å². The maximum atomic E-state index is 11.2. The van der Waals surface area contributed by atoms with Gasteiger partial charge in [-0.25, -0.2) is 0 Å². The van der Waals surface area contributed by atoms with Crippen LogP contribution in [0.4, 0.5) is 0 Å². The molecule has 4 heteroatoms. The van der Waals surface area contributed by atoms with Gasteiger partial charge in [0, 0.05) is 6.42 Å². The lowest BCUT2D eigenvalue weighted by Crippen LogP contribution is -2.30. The Bertz CT molecular complexity index is 204. The van der Waals surface area contributed by atoms with Gasteiger partial charge in [0.1, 0.15) is 6.54 Å². The predicted molar refractivity (Wildman–Crippen MR) is 58.6 cm³/mol. The van der Waals surface area contributed by atoms with E-state index in [4.69, 9.17) is 5.11 Å². The Kier molecular flexibility index (Phi) is 7.68. The molecule has 0 saturated heterocycles. The minimum Gasteiger partial charge on any atom is -0.480 e. The van der Waals surface area contributed by atoms with Crippen molar-refractivity contribution < 1.29 is 14.7 Å². The summed E-state index contributed by atoms with van der Waals surface area (Å²) in [5.74, 6) is -0.825. The summed E-state index contributed by atoms with van der Waals surface area (Å²) in [6.07, 6.45) is 4.98. The van der Waals surface area contributed by atoms with E-state index in [0.717, 1.165) is 12.8 Å². The molecule has 0 saturated carbocycles. The topological polar surface area (TPSA) is 66.4 Å². The number of hydrogen-bond donors (Lipinski definition) is 2. The van der Waals surface area contributed by atoms with Crippen LogP contribution in [0.1, 0.15) is 46.0 Å². The monoisotopic (exact) mass is 215 g/mol. The molecule has 0 aromatic heterocycles. The van der Waals surface area contributed by atoms with Gasteiger partial charge < -0.3 is 10.4 Å². The lowest BCUT2D eigenvalue weighted by Gasteiger charge is -2.10. The molecule has 0 bridgehead atoms. The van der Waals surface area contributed by atoms with Gasteiger partial charge in [0.05, 0.1) is 0 Å². The number of rotatable bonds is 8. The summed E-state index contributed by atoms with van der Waals surface area (Å²) in [5.41, 5.74) is 0. The number of aliphatic carboxylic acids is 1. The number of unbranched alkanes of at least 4 members (excludes halogenated alkanes) is 2. The number of nitrogens with one attached hydrogen (secondary N) is 1. The van der Waals surface area contributed by atoms with Crippen LogP contribution < -0.4 is 5.32 Å². The van der Waals surface area contributed by atoms with Gasteiger partial charge in [-0.15, -0.1) is 0 Å². The van der Waals surface area contributed by atoms with E-state index < -0.39 is 5.97 Å². The molecule has 0 heterocycles. The Morgan fingerprint density at radius 2 is 2.00 bits per heavy atom. The van der Waals surface area contributed by atoms with Crippen LogP contribution in [0.2, 0.25) is 0 Å². The first kappa shape index (κ1) is 13.9. The fraction of sp³-hybridized carbons (Fsp3) is 0.818. The highest BCUT2D eigenvalue weighted by Crippen LogP contribution is 2.12. The molecule has 0 spiro atoms. The molecule has 0 radical (unpaired) electrons. The number of carbonyl (C=O) groups is 2. The third kappa shape index (κ3) is 9.25. The SMILES string of the molecule is CCCCCC(C)CC(=O)NCC(=O)O. The fourth-order valence-corrected chi connectivity index (χ4v) is 1.41. The summed E-state index contributed by atoms with van der Waals surface area (Å²) in [5, 5.41) is 10.7. The van der Waals surface area contributed by atoms with Crippen molar-refractivity contribution in [2.24, 2.45) is 5.92 Å².